The molecule has 0 radical (unpaired) electrons. The second-order valence-corrected chi connectivity index (χ2v) is 5.43. The quantitative estimate of drug-likeness (QED) is 0.924. The summed E-state index contributed by atoms with van der Waals surface area (Å²) < 4.78 is 1.06. The van der Waals surface area contributed by atoms with E-state index in [0.717, 1.165) is 24.1 Å². The fraction of sp³-hybridized carbons (Fsp3) is 0.462. The van der Waals surface area contributed by atoms with Gasteiger partial charge in [-0.1, -0.05) is 28.1 Å². The molecule has 0 bridgehead atoms. The Balaban J connectivity index is 2.10. The molecule has 1 aliphatic heterocycles. The normalized spacial score (nSPS) is 19.7. The van der Waals surface area contributed by atoms with Crippen molar-refractivity contribution in [1.82, 2.24) is 15.1 Å². The van der Waals surface area contributed by atoms with Gasteiger partial charge in [-0.2, -0.15) is 0 Å². The minimum absolute atomic E-state index is 0.109. The number of benzene rings is 1. The Morgan fingerprint density at radius 1 is 1.39 bits per heavy atom. The molecule has 1 unspecified atom stereocenters. The number of carbonyl (C=O) groups is 1. The maximum atomic E-state index is 12.1. The van der Waals surface area contributed by atoms with Gasteiger partial charge in [0, 0.05) is 31.2 Å². The highest BCUT2D eigenvalue weighted by Gasteiger charge is 2.34. The van der Waals surface area contributed by atoms with Crippen molar-refractivity contribution < 1.29 is 4.79 Å². The van der Waals surface area contributed by atoms with Crippen molar-refractivity contribution in [3.05, 3.63) is 34.3 Å². The second-order valence-electron chi connectivity index (χ2n) is 4.51. The maximum absolute atomic E-state index is 12.1. The van der Waals surface area contributed by atoms with Gasteiger partial charge in [-0.25, -0.2) is 4.79 Å². The number of halogens is 1. The van der Waals surface area contributed by atoms with Gasteiger partial charge in [0.05, 0.1) is 6.04 Å². The number of amides is 2. The van der Waals surface area contributed by atoms with Gasteiger partial charge in [0.2, 0.25) is 0 Å². The highest BCUT2D eigenvalue weighted by molar-refractivity contribution is 9.10. The molecule has 4 nitrogen and oxygen atoms in total. The van der Waals surface area contributed by atoms with Crippen LogP contribution in [-0.2, 0) is 0 Å². The molecule has 0 aromatic heterocycles. The van der Waals surface area contributed by atoms with E-state index in [4.69, 9.17) is 0 Å². The lowest BCUT2D eigenvalue weighted by Crippen LogP contribution is -2.34. The number of hydrogen-bond donors (Lipinski definition) is 1. The van der Waals surface area contributed by atoms with Crippen LogP contribution in [0.15, 0.2) is 28.7 Å². The first kappa shape index (κ1) is 13.4. The summed E-state index contributed by atoms with van der Waals surface area (Å²) in [6.45, 7) is 2.35. The number of likely N-dealkylation sites (N-methyl/N-ethyl adjacent to an activating group) is 2. The average molecular weight is 312 g/mol. The largest absolute Gasteiger partial charge is 0.321 e. The van der Waals surface area contributed by atoms with Crippen molar-refractivity contribution in [2.75, 3.05) is 33.7 Å². The van der Waals surface area contributed by atoms with Crippen LogP contribution in [0.5, 0.6) is 0 Å². The summed E-state index contributed by atoms with van der Waals surface area (Å²) in [5, 5.41) is 3.07. The molecule has 0 aliphatic carbocycles. The fourth-order valence-corrected chi connectivity index (χ4v) is 2.48. The zero-order chi connectivity index (χ0) is 13.1. The highest BCUT2D eigenvalue weighted by atomic mass is 79.9. The topological polar surface area (TPSA) is 35.6 Å². The molecule has 1 heterocycles. The van der Waals surface area contributed by atoms with E-state index in [0.29, 0.717) is 0 Å². The third-order valence-corrected chi connectivity index (χ3v) is 3.85. The smallest absolute Gasteiger partial charge is 0.320 e. The second kappa shape index (κ2) is 5.71. The van der Waals surface area contributed by atoms with Gasteiger partial charge in [-0.15, -0.1) is 0 Å². The number of carbonyl (C=O) groups excluding carboxylic acids is 1. The number of rotatable bonds is 4. The van der Waals surface area contributed by atoms with E-state index in [1.807, 2.05) is 36.0 Å². The van der Waals surface area contributed by atoms with E-state index in [1.165, 1.54) is 5.56 Å². The fourth-order valence-electron chi connectivity index (χ4n) is 2.21. The van der Waals surface area contributed by atoms with Crippen LogP contribution in [0.25, 0.3) is 0 Å². The molecule has 98 valence electrons. The molecule has 1 aromatic rings. The van der Waals surface area contributed by atoms with Gasteiger partial charge in [0.25, 0.3) is 0 Å². The van der Waals surface area contributed by atoms with Crippen molar-refractivity contribution in [2.45, 2.75) is 6.04 Å². The van der Waals surface area contributed by atoms with Crippen molar-refractivity contribution in [3.8, 4) is 0 Å². The summed E-state index contributed by atoms with van der Waals surface area (Å²) >= 11 is 3.43. The van der Waals surface area contributed by atoms with Gasteiger partial charge in [-0.3, -0.25) is 0 Å². The Labute approximate surface area is 116 Å². The lowest BCUT2D eigenvalue weighted by molar-refractivity contribution is 0.196. The molecule has 1 aromatic carbocycles. The first-order chi connectivity index (χ1) is 8.63. The monoisotopic (exact) mass is 311 g/mol. The summed E-state index contributed by atoms with van der Waals surface area (Å²) in [5.41, 5.74) is 1.18. The SMILES string of the molecule is CNCCN1CC(c2ccc(Br)cc2)N(C)C1=O. The summed E-state index contributed by atoms with van der Waals surface area (Å²) in [7, 11) is 3.77. The van der Waals surface area contributed by atoms with Crippen LogP contribution in [0, 0.1) is 0 Å². The molecule has 1 N–H and O–H groups in total. The molecule has 5 heteroatoms. The average Bonchev–Trinajstić information content (AvgIpc) is 2.65. The number of urea groups is 1. The predicted octanol–water partition coefficient (Wildman–Crippen LogP) is 2.08. The summed E-state index contributed by atoms with van der Waals surface area (Å²) in [4.78, 5) is 15.8. The Bertz CT molecular complexity index is 421. The lowest BCUT2D eigenvalue weighted by Gasteiger charge is -2.18. The third kappa shape index (κ3) is 2.67. The van der Waals surface area contributed by atoms with Crippen LogP contribution in [0.3, 0.4) is 0 Å². The first-order valence-corrected chi connectivity index (χ1v) is 6.84. The lowest BCUT2D eigenvalue weighted by atomic mass is 10.1. The van der Waals surface area contributed by atoms with Gasteiger partial charge in [-0.05, 0) is 24.7 Å². The van der Waals surface area contributed by atoms with Crippen molar-refractivity contribution in [3.63, 3.8) is 0 Å². The van der Waals surface area contributed by atoms with Crippen LogP contribution >= 0.6 is 15.9 Å². The van der Waals surface area contributed by atoms with E-state index >= 15 is 0 Å². The van der Waals surface area contributed by atoms with Crippen LogP contribution < -0.4 is 5.32 Å². The van der Waals surface area contributed by atoms with E-state index < -0.39 is 0 Å². The Kier molecular flexibility index (Phi) is 4.24. The molecule has 18 heavy (non-hydrogen) atoms. The molecule has 1 aliphatic rings. The molecule has 2 rings (SSSR count). The standard InChI is InChI=1S/C13H18BrN3O/c1-15-7-8-17-9-12(16(2)13(17)18)10-3-5-11(14)6-4-10/h3-6,12,15H,7-9H2,1-2H3. The van der Waals surface area contributed by atoms with Crippen LogP contribution in [0.1, 0.15) is 11.6 Å². The first-order valence-electron chi connectivity index (χ1n) is 6.05. The minimum atomic E-state index is 0.109. The number of nitrogens with one attached hydrogen (secondary N) is 1. The van der Waals surface area contributed by atoms with Crippen LogP contribution in [0.2, 0.25) is 0 Å². The summed E-state index contributed by atoms with van der Waals surface area (Å²) in [5.74, 6) is 0. The maximum Gasteiger partial charge on any atom is 0.320 e. The zero-order valence-electron chi connectivity index (χ0n) is 10.7. The van der Waals surface area contributed by atoms with Crippen molar-refractivity contribution in [1.29, 1.82) is 0 Å². The minimum Gasteiger partial charge on any atom is -0.321 e. The number of nitrogens with zero attached hydrogens (tertiary/aromatic N) is 2. The summed E-state index contributed by atoms with van der Waals surface area (Å²) in [6.07, 6.45) is 0. The van der Waals surface area contributed by atoms with E-state index in [1.54, 1.807) is 0 Å². The molecule has 0 saturated carbocycles. The van der Waals surface area contributed by atoms with Crippen LogP contribution in [-0.4, -0.2) is 49.6 Å². The molecule has 1 atom stereocenters. The molecule has 1 saturated heterocycles. The summed E-state index contributed by atoms with van der Waals surface area (Å²) in [6, 6.07) is 8.44. The molecule has 1 fully saturated rings. The predicted molar refractivity (Wildman–Crippen MR) is 75.5 cm³/mol. The Hall–Kier alpha value is -1.07. The van der Waals surface area contributed by atoms with Gasteiger partial charge >= 0.3 is 6.03 Å². The Morgan fingerprint density at radius 3 is 2.67 bits per heavy atom. The van der Waals surface area contributed by atoms with E-state index in [-0.39, 0.29) is 12.1 Å². The molecular formula is C13H18BrN3O. The molecule has 2 amide bonds. The Morgan fingerprint density at radius 2 is 2.06 bits per heavy atom. The van der Waals surface area contributed by atoms with E-state index in [9.17, 15) is 4.79 Å². The molecular weight excluding hydrogens is 294 g/mol. The number of hydrogen-bond acceptors (Lipinski definition) is 2. The van der Waals surface area contributed by atoms with Crippen molar-refractivity contribution in [2.24, 2.45) is 0 Å². The highest BCUT2D eigenvalue weighted by Crippen LogP contribution is 2.28. The van der Waals surface area contributed by atoms with Crippen LogP contribution in [0.4, 0.5) is 4.79 Å². The molecule has 0 spiro atoms. The van der Waals surface area contributed by atoms with E-state index in [2.05, 4.69) is 33.4 Å². The van der Waals surface area contributed by atoms with Gasteiger partial charge < -0.3 is 15.1 Å². The van der Waals surface area contributed by atoms with Gasteiger partial charge in [0.1, 0.15) is 0 Å². The van der Waals surface area contributed by atoms with Gasteiger partial charge in [0.15, 0.2) is 0 Å². The third-order valence-electron chi connectivity index (χ3n) is 3.32. The zero-order valence-corrected chi connectivity index (χ0v) is 12.3. The van der Waals surface area contributed by atoms with Crippen molar-refractivity contribution >= 4 is 22.0 Å².